The first-order valence-corrected chi connectivity index (χ1v) is 10.4. The van der Waals surface area contributed by atoms with Crippen LogP contribution in [-0.4, -0.2) is 45.2 Å². The molecule has 2 amide bonds. The van der Waals surface area contributed by atoms with Crippen molar-refractivity contribution in [3.63, 3.8) is 0 Å². The summed E-state index contributed by atoms with van der Waals surface area (Å²) in [6, 6.07) is 5.84. The van der Waals surface area contributed by atoms with E-state index in [0.717, 1.165) is 0 Å². The van der Waals surface area contributed by atoms with Gasteiger partial charge in [0.1, 0.15) is 11.6 Å². The average Bonchev–Trinajstić information content (AvgIpc) is 3.42. The fourth-order valence-electron chi connectivity index (χ4n) is 4.18. The second-order valence-electron chi connectivity index (χ2n) is 8.19. The zero-order valence-electron chi connectivity index (χ0n) is 17.9. The molecule has 1 saturated heterocycles. The minimum Gasteiger partial charge on any atom is -0.369 e. The zero-order chi connectivity index (χ0) is 25.5. The van der Waals surface area contributed by atoms with Crippen molar-refractivity contribution in [2.75, 3.05) is 25.0 Å². The summed E-state index contributed by atoms with van der Waals surface area (Å²) in [5, 5.41) is 6.15. The van der Waals surface area contributed by atoms with Gasteiger partial charge in [0.25, 0.3) is 0 Å². The van der Waals surface area contributed by atoms with Crippen molar-refractivity contribution in [3.8, 4) is 0 Å². The maximum absolute atomic E-state index is 13.5. The number of aromatic nitrogens is 3. The number of hydrogen-bond acceptors (Lipinski definition) is 4. The van der Waals surface area contributed by atoms with Crippen LogP contribution in [0.4, 0.5) is 41.3 Å². The topological polar surface area (TPSA) is 88.5 Å². The number of alkyl halides is 6. The molecule has 3 heterocycles. The van der Waals surface area contributed by atoms with Crippen molar-refractivity contribution >= 4 is 17.5 Å². The van der Waals surface area contributed by atoms with E-state index in [1.807, 2.05) is 0 Å². The SMILES string of the molecule is NC(=O)N1CC[C@@H]([C@H](CNc2cc(C(F)(F)F)nc3cc(C(F)(F)F)nn23)c2ccc(F)cc2)C1. The van der Waals surface area contributed by atoms with Gasteiger partial charge < -0.3 is 16.0 Å². The van der Waals surface area contributed by atoms with E-state index in [1.165, 1.54) is 29.2 Å². The molecule has 0 unspecified atom stereocenters. The Balaban J connectivity index is 1.70. The van der Waals surface area contributed by atoms with Crippen LogP contribution in [0.3, 0.4) is 0 Å². The van der Waals surface area contributed by atoms with Crippen LogP contribution in [0.5, 0.6) is 0 Å². The summed E-state index contributed by atoms with van der Waals surface area (Å²) in [7, 11) is 0. The molecule has 0 saturated carbocycles. The molecule has 1 aliphatic rings. The molecule has 2 atom stereocenters. The highest BCUT2D eigenvalue weighted by Crippen LogP contribution is 2.35. The third kappa shape index (κ3) is 5.25. The van der Waals surface area contributed by atoms with E-state index in [2.05, 4.69) is 15.4 Å². The lowest BCUT2D eigenvalue weighted by atomic mass is 9.85. The number of benzene rings is 1. The number of primary amides is 1. The van der Waals surface area contributed by atoms with Crippen molar-refractivity contribution in [3.05, 3.63) is 59.2 Å². The summed E-state index contributed by atoms with van der Waals surface area (Å²) >= 11 is 0. The first-order chi connectivity index (χ1) is 16.3. The van der Waals surface area contributed by atoms with E-state index in [9.17, 15) is 35.5 Å². The van der Waals surface area contributed by atoms with Gasteiger partial charge in [-0.15, -0.1) is 0 Å². The fraction of sp³-hybridized carbons (Fsp3) is 0.381. The summed E-state index contributed by atoms with van der Waals surface area (Å²) < 4.78 is 93.7. The van der Waals surface area contributed by atoms with Crippen LogP contribution < -0.4 is 11.1 Å². The van der Waals surface area contributed by atoms with E-state index in [4.69, 9.17) is 5.73 Å². The number of nitrogens with two attached hydrogens (primary N) is 1. The number of likely N-dealkylation sites (tertiary alicyclic amines) is 1. The molecule has 14 heteroatoms. The molecule has 35 heavy (non-hydrogen) atoms. The Morgan fingerprint density at radius 1 is 1.09 bits per heavy atom. The highest BCUT2D eigenvalue weighted by atomic mass is 19.4. The summed E-state index contributed by atoms with van der Waals surface area (Å²) in [6.07, 6.45) is -9.28. The molecule has 3 aromatic rings. The number of rotatable bonds is 5. The number of carbonyl (C=O) groups is 1. The highest BCUT2D eigenvalue weighted by Gasteiger charge is 2.38. The number of urea groups is 1. The summed E-state index contributed by atoms with van der Waals surface area (Å²) in [5.41, 5.74) is 2.57. The molecular weight excluding hydrogens is 485 g/mol. The van der Waals surface area contributed by atoms with Crippen LogP contribution in [-0.2, 0) is 12.4 Å². The predicted molar refractivity (Wildman–Crippen MR) is 110 cm³/mol. The maximum Gasteiger partial charge on any atom is 0.435 e. The Morgan fingerprint density at radius 3 is 2.31 bits per heavy atom. The van der Waals surface area contributed by atoms with Gasteiger partial charge in [-0.3, -0.25) is 0 Å². The number of nitrogens with zero attached hydrogens (tertiary/aromatic N) is 4. The Bertz CT molecular complexity index is 1220. The predicted octanol–water partition coefficient (Wildman–Crippen LogP) is 4.50. The number of anilines is 1. The smallest absolute Gasteiger partial charge is 0.369 e. The number of carbonyl (C=O) groups excluding carboxylic acids is 1. The van der Waals surface area contributed by atoms with Crippen molar-refractivity contribution in [2.45, 2.75) is 24.7 Å². The molecular formula is C21H19F7N6O. The minimum atomic E-state index is -4.91. The van der Waals surface area contributed by atoms with Crippen molar-refractivity contribution < 1.29 is 35.5 Å². The van der Waals surface area contributed by atoms with Gasteiger partial charge in [0, 0.05) is 37.7 Å². The van der Waals surface area contributed by atoms with Gasteiger partial charge in [-0.25, -0.2) is 14.2 Å². The normalized spacial score (nSPS) is 17.7. The van der Waals surface area contributed by atoms with Gasteiger partial charge in [0.2, 0.25) is 0 Å². The lowest BCUT2D eigenvalue weighted by Gasteiger charge is -2.25. The van der Waals surface area contributed by atoms with Crippen LogP contribution in [0.15, 0.2) is 36.4 Å². The van der Waals surface area contributed by atoms with Gasteiger partial charge in [-0.2, -0.15) is 36.0 Å². The van der Waals surface area contributed by atoms with Gasteiger partial charge in [-0.05, 0) is 30.0 Å². The van der Waals surface area contributed by atoms with Crippen LogP contribution in [0.1, 0.15) is 29.3 Å². The first-order valence-electron chi connectivity index (χ1n) is 10.4. The number of nitrogens with one attached hydrogen (secondary N) is 1. The molecule has 7 nitrogen and oxygen atoms in total. The van der Waals surface area contributed by atoms with Gasteiger partial charge in [0.05, 0.1) is 0 Å². The Kier molecular flexibility index (Phi) is 6.23. The molecule has 0 bridgehead atoms. The lowest BCUT2D eigenvalue weighted by Crippen LogP contribution is -2.34. The second-order valence-corrected chi connectivity index (χ2v) is 8.19. The van der Waals surface area contributed by atoms with E-state index < -0.39 is 47.2 Å². The van der Waals surface area contributed by atoms with E-state index in [1.54, 1.807) is 0 Å². The summed E-state index contributed by atoms with van der Waals surface area (Å²) in [6.45, 7) is 0.586. The van der Waals surface area contributed by atoms with Crippen molar-refractivity contribution in [1.82, 2.24) is 19.5 Å². The fourth-order valence-corrected chi connectivity index (χ4v) is 4.18. The molecule has 188 valence electrons. The zero-order valence-corrected chi connectivity index (χ0v) is 17.9. The monoisotopic (exact) mass is 504 g/mol. The quantitative estimate of drug-likeness (QED) is 0.501. The van der Waals surface area contributed by atoms with E-state index in [-0.39, 0.29) is 24.8 Å². The molecule has 4 rings (SSSR count). The third-order valence-corrected chi connectivity index (χ3v) is 5.91. The molecule has 0 spiro atoms. The second kappa shape index (κ2) is 8.89. The molecule has 1 fully saturated rings. The van der Waals surface area contributed by atoms with E-state index >= 15 is 0 Å². The van der Waals surface area contributed by atoms with Gasteiger partial charge in [-0.1, -0.05) is 12.1 Å². The summed E-state index contributed by atoms with van der Waals surface area (Å²) in [4.78, 5) is 16.2. The molecule has 2 aromatic heterocycles. The summed E-state index contributed by atoms with van der Waals surface area (Å²) in [5.74, 6) is -1.47. The standard InChI is InChI=1S/C21H19F7N6O/c22-13-3-1-11(2-4-13)14(12-5-6-33(10-12)19(29)35)9-30-17-7-15(20(23,24)25)31-18-8-16(21(26,27)28)32-34(17)18/h1-4,7-8,12,14,30H,5-6,9-10H2,(H2,29,35)/t12-,14-/m1/s1. The Hall–Kier alpha value is -3.58. The molecule has 0 radical (unpaired) electrons. The molecule has 3 N–H and O–H groups in total. The highest BCUT2D eigenvalue weighted by molar-refractivity contribution is 5.72. The van der Waals surface area contributed by atoms with Crippen LogP contribution in [0.25, 0.3) is 5.65 Å². The van der Waals surface area contributed by atoms with Crippen LogP contribution in [0, 0.1) is 11.7 Å². The number of hydrogen-bond donors (Lipinski definition) is 2. The van der Waals surface area contributed by atoms with Crippen molar-refractivity contribution in [1.29, 1.82) is 0 Å². The van der Waals surface area contributed by atoms with Crippen molar-refractivity contribution in [2.24, 2.45) is 11.7 Å². The average molecular weight is 504 g/mol. The largest absolute Gasteiger partial charge is 0.435 e. The maximum atomic E-state index is 13.5. The Morgan fingerprint density at radius 2 is 1.74 bits per heavy atom. The number of halogens is 7. The Labute approximate surface area is 193 Å². The van der Waals surface area contributed by atoms with Gasteiger partial charge in [0.15, 0.2) is 17.0 Å². The molecule has 0 aliphatic carbocycles. The minimum absolute atomic E-state index is 0.0411. The van der Waals surface area contributed by atoms with Crippen LogP contribution >= 0.6 is 0 Å². The first kappa shape index (κ1) is 24.5. The van der Waals surface area contributed by atoms with Gasteiger partial charge >= 0.3 is 18.4 Å². The third-order valence-electron chi connectivity index (χ3n) is 5.91. The van der Waals surface area contributed by atoms with Crippen LogP contribution in [0.2, 0.25) is 0 Å². The number of fused-ring (bicyclic) bond motifs is 1. The molecule has 1 aromatic carbocycles. The number of amides is 2. The lowest BCUT2D eigenvalue weighted by molar-refractivity contribution is -0.142. The molecule has 1 aliphatic heterocycles. The van der Waals surface area contributed by atoms with E-state index in [0.29, 0.717) is 35.2 Å².